The monoisotopic (exact) mass is 562 g/mol. The Morgan fingerprint density at radius 3 is 2.38 bits per heavy atom. The van der Waals surface area contributed by atoms with Crippen LogP contribution in [-0.2, 0) is 34.7 Å². The van der Waals surface area contributed by atoms with Crippen molar-refractivity contribution < 1.29 is 13.2 Å². The molecular weight excluding hydrogens is 520 g/mol. The van der Waals surface area contributed by atoms with Crippen molar-refractivity contribution in [3.05, 3.63) is 88.5 Å². The van der Waals surface area contributed by atoms with E-state index in [9.17, 15) is 13.2 Å². The first kappa shape index (κ1) is 29.7. The fraction of sp³-hybridized carbons (Fsp3) is 0.469. The molecule has 0 radical (unpaired) electrons. The third-order valence-corrected chi connectivity index (χ3v) is 9.11. The van der Waals surface area contributed by atoms with E-state index >= 15 is 0 Å². The zero-order chi connectivity index (χ0) is 29.1. The van der Waals surface area contributed by atoms with Crippen LogP contribution in [0.15, 0.2) is 54.7 Å². The molecule has 1 aliphatic carbocycles. The minimum absolute atomic E-state index is 0.0659. The molecule has 214 valence electrons. The number of nitrogens with zero attached hydrogens (tertiary/aromatic N) is 4. The van der Waals surface area contributed by atoms with Gasteiger partial charge in [-0.15, -0.1) is 0 Å². The number of benzene rings is 2. The molecule has 1 heterocycles. The molecule has 0 unspecified atom stereocenters. The SMILES string of the molecule is CN(C(=O)c1cccc(Cc2ncc(C(C)(C)C)c(CCc3ccccc3N(C)S(C)(=O)=O)n2)c1)C1CCCC1. The molecule has 40 heavy (non-hydrogen) atoms. The van der Waals surface area contributed by atoms with Gasteiger partial charge in [-0.05, 0) is 66.0 Å². The van der Waals surface area contributed by atoms with E-state index in [4.69, 9.17) is 9.97 Å². The molecule has 2 aromatic carbocycles. The van der Waals surface area contributed by atoms with Crippen LogP contribution in [0.25, 0.3) is 0 Å². The molecule has 1 saturated carbocycles. The largest absolute Gasteiger partial charge is 0.339 e. The van der Waals surface area contributed by atoms with Crippen molar-refractivity contribution in [2.24, 2.45) is 0 Å². The van der Waals surface area contributed by atoms with E-state index in [0.29, 0.717) is 42.4 Å². The molecule has 0 bridgehead atoms. The van der Waals surface area contributed by atoms with Crippen LogP contribution < -0.4 is 4.31 Å². The summed E-state index contributed by atoms with van der Waals surface area (Å²) in [6.45, 7) is 6.45. The number of carbonyl (C=O) groups excluding carboxylic acids is 1. The minimum atomic E-state index is -3.37. The van der Waals surface area contributed by atoms with E-state index in [0.717, 1.165) is 35.2 Å². The average molecular weight is 563 g/mol. The van der Waals surface area contributed by atoms with Gasteiger partial charge in [0.2, 0.25) is 10.0 Å². The lowest BCUT2D eigenvalue weighted by Crippen LogP contribution is -2.35. The Morgan fingerprint density at radius 2 is 1.70 bits per heavy atom. The third kappa shape index (κ3) is 7.08. The lowest BCUT2D eigenvalue weighted by Gasteiger charge is -2.24. The molecule has 1 amide bonds. The van der Waals surface area contributed by atoms with E-state index in [1.807, 2.05) is 66.7 Å². The van der Waals surface area contributed by atoms with Gasteiger partial charge >= 0.3 is 0 Å². The molecule has 0 atom stereocenters. The van der Waals surface area contributed by atoms with Crippen molar-refractivity contribution in [3.8, 4) is 0 Å². The van der Waals surface area contributed by atoms with Gasteiger partial charge < -0.3 is 4.90 Å². The molecule has 0 spiro atoms. The number of aromatic nitrogens is 2. The minimum Gasteiger partial charge on any atom is -0.339 e. The lowest BCUT2D eigenvalue weighted by atomic mass is 9.85. The third-order valence-electron chi connectivity index (χ3n) is 7.91. The molecular formula is C32H42N4O3S. The van der Waals surface area contributed by atoms with Crippen LogP contribution in [0.3, 0.4) is 0 Å². The van der Waals surface area contributed by atoms with Gasteiger partial charge in [0, 0.05) is 44.0 Å². The number of hydrogen-bond acceptors (Lipinski definition) is 5. The highest BCUT2D eigenvalue weighted by Gasteiger charge is 2.25. The van der Waals surface area contributed by atoms with Gasteiger partial charge in [-0.2, -0.15) is 0 Å². The van der Waals surface area contributed by atoms with Crippen LogP contribution in [-0.4, -0.2) is 55.6 Å². The summed E-state index contributed by atoms with van der Waals surface area (Å²) in [5, 5.41) is 0. The number of para-hydroxylation sites is 1. The molecule has 1 aliphatic rings. The number of anilines is 1. The second-order valence-electron chi connectivity index (χ2n) is 12.0. The molecule has 8 heteroatoms. The summed E-state index contributed by atoms with van der Waals surface area (Å²) in [5.74, 6) is 0.773. The smallest absolute Gasteiger partial charge is 0.253 e. The summed E-state index contributed by atoms with van der Waals surface area (Å²) in [6, 6.07) is 15.7. The number of rotatable bonds is 9. The number of sulfonamides is 1. The van der Waals surface area contributed by atoms with Crippen molar-refractivity contribution in [3.63, 3.8) is 0 Å². The predicted molar refractivity (Wildman–Crippen MR) is 161 cm³/mol. The normalized spacial score (nSPS) is 14.3. The zero-order valence-corrected chi connectivity index (χ0v) is 25.5. The highest BCUT2D eigenvalue weighted by atomic mass is 32.2. The van der Waals surface area contributed by atoms with Crippen LogP contribution in [0.2, 0.25) is 0 Å². The average Bonchev–Trinajstić information content (AvgIpc) is 3.45. The lowest BCUT2D eigenvalue weighted by molar-refractivity contribution is 0.0735. The van der Waals surface area contributed by atoms with E-state index in [1.54, 1.807) is 7.05 Å². The second kappa shape index (κ2) is 12.1. The summed E-state index contributed by atoms with van der Waals surface area (Å²) in [7, 11) is 0.126. The number of carbonyl (C=O) groups is 1. The maximum absolute atomic E-state index is 13.2. The van der Waals surface area contributed by atoms with Gasteiger partial charge in [-0.3, -0.25) is 9.10 Å². The topological polar surface area (TPSA) is 83.5 Å². The van der Waals surface area contributed by atoms with Crippen LogP contribution >= 0.6 is 0 Å². The Balaban J connectivity index is 1.57. The fourth-order valence-corrected chi connectivity index (χ4v) is 6.02. The molecule has 1 fully saturated rings. The van der Waals surface area contributed by atoms with Gasteiger partial charge in [-0.1, -0.05) is 63.9 Å². The first-order chi connectivity index (χ1) is 18.8. The van der Waals surface area contributed by atoms with Crippen LogP contribution in [0.5, 0.6) is 0 Å². The Morgan fingerprint density at radius 1 is 1.00 bits per heavy atom. The standard InChI is InChI=1S/C32H42N4O3S/c1-32(2,3)27-22-33-30(21-23-12-11-14-25(20-23)31(37)35(4)26-15-8-9-16-26)34-28(27)19-18-24-13-7-10-17-29(24)36(5)40(6,38)39/h7,10-14,17,20,22,26H,8-9,15-16,18-19,21H2,1-6H3. The first-order valence-corrected chi connectivity index (χ1v) is 15.9. The van der Waals surface area contributed by atoms with Gasteiger partial charge in [-0.25, -0.2) is 18.4 Å². The summed E-state index contributed by atoms with van der Waals surface area (Å²) in [6.07, 6.45) is 9.50. The van der Waals surface area contributed by atoms with Crippen molar-refractivity contribution in [1.29, 1.82) is 0 Å². The highest BCUT2D eigenvalue weighted by molar-refractivity contribution is 7.92. The Labute approximate surface area is 239 Å². The fourth-order valence-electron chi connectivity index (χ4n) is 5.48. The van der Waals surface area contributed by atoms with Crippen molar-refractivity contribution in [2.45, 2.75) is 77.2 Å². The number of amides is 1. The second-order valence-corrected chi connectivity index (χ2v) is 14.0. The molecule has 0 saturated heterocycles. The molecule has 0 aliphatic heterocycles. The molecule has 0 N–H and O–H groups in total. The van der Waals surface area contributed by atoms with Gasteiger partial charge in [0.25, 0.3) is 5.91 Å². The summed E-state index contributed by atoms with van der Waals surface area (Å²) in [4.78, 5) is 24.8. The van der Waals surface area contributed by atoms with Crippen LogP contribution in [0, 0.1) is 0 Å². The summed E-state index contributed by atoms with van der Waals surface area (Å²) in [5.41, 5.74) is 5.22. The highest BCUT2D eigenvalue weighted by Crippen LogP contribution is 2.28. The van der Waals surface area contributed by atoms with Crippen LogP contribution in [0.4, 0.5) is 5.69 Å². The first-order valence-electron chi connectivity index (χ1n) is 14.1. The summed E-state index contributed by atoms with van der Waals surface area (Å²) >= 11 is 0. The van der Waals surface area contributed by atoms with Gasteiger partial charge in [0.1, 0.15) is 5.82 Å². The Bertz CT molecular complexity index is 1460. The van der Waals surface area contributed by atoms with Crippen molar-refractivity contribution in [2.75, 3.05) is 24.7 Å². The molecule has 1 aromatic heterocycles. The zero-order valence-electron chi connectivity index (χ0n) is 24.6. The van der Waals surface area contributed by atoms with E-state index in [1.165, 1.54) is 23.4 Å². The maximum atomic E-state index is 13.2. The van der Waals surface area contributed by atoms with E-state index in [-0.39, 0.29) is 11.3 Å². The molecule has 3 aromatic rings. The number of aryl methyl sites for hydroxylation is 2. The Kier molecular flexibility index (Phi) is 8.98. The maximum Gasteiger partial charge on any atom is 0.253 e. The van der Waals surface area contributed by atoms with Crippen molar-refractivity contribution in [1.82, 2.24) is 14.9 Å². The predicted octanol–water partition coefficient (Wildman–Crippen LogP) is 5.56. The Hall–Kier alpha value is -3.26. The van der Waals surface area contributed by atoms with E-state index in [2.05, 4.69) is 20.8 Å². The number of hydrogen-bond donors (Lipinski definition) is 0. The summed E-state index contributed by atoms with van der Waals surface area (Å²) < 4.78 is 25.8. The molecule has 7 nitrogen and oxygen atoms in total. The van der Waals surface area contributed by atoms with E-state index < -0.39 is 10.0 Å². The van der Waals surface area contributed by atoms with Crippen molar-refractivity contribution >= 4 is 21.6 Å². The quantitative estimate of drug-likeness (QED) is 0.341. The molecule has 4 rings (SSSR count). The van der Waals surface area contributed by atoms with Gasteiger partial charge in [0.05, 0.1) is 11.9 Å². The van der Waals surface area contributed by atoms with Gasteiger partial charge in [0.15, 0.2) is 0 Å². The van der Waals surface area contributed by atoms with Crippen LogP contribution in [0.1, 0.15) is 85.0 Å².